The SMILES string of the molecule is NC(=NCC(O)(Cc1ccccc1)c1ccccc1)NCCc1cccs1. The Kier molecular flexibility index (Phi) is 6.63. The first kappa shape index (κ1) is 19.1. The van der Waals surface area contributed by atoms with E-state index in [0.29, 0.717) is 12.4 Å². The molecule has 0 saturated carbocycles. The number of benzene rings is 2. The molecule has 0 spiro atoms. The fraction of sp³-hybridized carbons (Fsp3) is 0.227. The number of nitrogens with zero attached hydrogens (tertiary/aromatic N) is 1. The van der Waals surface area contributed by atoms with Crippen LogP contribution in [0.3, 0.4) is 0 Å². The number of nitrogens with two attached hydrogens (primary N) is 1. The Hall–Kier alpha value is -2.63. The lowest BCUT2D eigenvalue weighted by atomic mass is 9.87. The first-order chi connectivity index (χ1) is 13.2. The van der Waals surface area contributed by atoms with Crippen molar-refractivity contribution in [3.63, 3.8) is 0 Å². The van der Waals surface area contributed by atoms with Crippen molar-refractivity contribution in [2.45, 2.75) is 18.4 Å². The zero-order valence-corrected chi connectivity index (χ0v) is 16.0. The van der Waals surface area contributed by atoms with E-state index in [1.807, 2.05) is 66.7 Å². The van der Waals surface area contributed by atoms with Gasteiger partial charge in [-0.1, -0.05) is 66.7 Å². The minimum absolute atomic E-state index is 0.198. The van der Waals surface area contributed by atoms with E-state index in [9.17, 15) is 5.11 Å². The third-order valence-electron chi connectivity index (χ3n) is 4.42. The molecule has 2 aromatic carbocycles. The van der Waals surface area contributed by atoms with E-state index in [1.54, 1.807) is 11.3 Å². The summed E-state index contributed by atoms with van der Waals surface area (Å²) in [6.45, 7) is 0.919. The quantitative estimate of drug-likeness (QED) is 0.415. The van der Waals surface area contributed by atoms with Crippen LogP contribution >= 0.6 is 11.3 Å². The standard InChI is InChI=1S/C22H25N3OS/c23-21(24-14-13-20-12-7-15-27-20)25-17-22(26,19-10-5-2-6-11-19)16-18-8-3-1-4-9-18/h1-12,15,26H,13-14,16-17H2,(H3,23,24,25). The lowest BCUT2D eigenvalue weighted by Gasteiger charge is -2.27. The van der Waals surface area contributed by atoms with Crippen LogP contribution in [0.15, 0.2) is 83.2 Å². The van der Waals surface area contributed by atoms with Gasteiger partial charge in [0, 0.05) is 17.8 Å². The topological polar surface area (TPSA) is 70.6 Å². The van der Waals surface area contributed by atoms with E-state index in [-0.39, 0.29) is 6.54 Å². The highest BCUT2D eigenvalue weighted by atomic mass is 32.1. The van der Waals surface area contributed by atoms with Crippen molar-refractivity contribution in [3.05, 3.63) is 94.2 Å². The van der Waals surface area contributed by atoms with Crippen molar-refractivity contribution in [2.75, 3.05) is 13.1 Å². The van der Waals surface area contributed by atoms with Gasteiger partial charge in [0.25, 0.3) is 0 Å². The zero-order chi connectivity index (χ0) is 19.0. The Morgan fingerprint density at radius 3 is 2.37 bits per heavy atom. The Morgan fingerprint density at radius 1 is 1.00 bits per heavy atom. The highest BCUT2D eigenvalue weighted by molar-refractivity contribution is 7.09. The second-order valence-corrected chi connectivity index (χ2v) is 7.55. The number of aliphatic hydroxyl groups is 1. The van der Waals surface area contributed by atoms with Crippen LogP contribution in [0, 0.1) is 0 Å². The fourth-order valence-corrected chi connectivity index (χ4v) is 3.68. The molecule has 0 saturated heterocycles. The van der Waals surface area contributed by atoms with Crippen molar-refractivity contribution >= 4 is 17.3 Å². The molecule has 27 heavy (non-hydrogen) atoms. The Bertz CT molecular complexity index is 835. The lowest BCUT2D eigenvalue weighted by Crippen LogP contribution is -2.37. The van der Waals surface area contributed by atoms with Crippen LogP contribution in [0.4, 0.5) is 0 Å². The van der Waals surface area contributed by atoms with Crippen LogP contribution < -0.4 is 11.1 Å². The summed E-state index contributed by atoms with van der Waals surface area (Å²) in [5.74, 6) is 0.356. The molecule has 3 rings (SSSR count). The van der Waals surface area contributed by atoms with Gasteiger partial charge < -0.3 is 16.2 Å². The first-order valence-electron chi connectivity index (χ1n) is 9.04. The number of guanidine groups is 1. The first-order valence-corrected chi connectivity index (χ1v) is 9.92. The van der Waals surface area contributed by atoms with Crippen molar-refractivity contribution in [1.82, 2.24) is 5.32 Å². The Labute approximate surface area is 164 Å². The Morgan fingerprint density at radius 2 is 1.70 bits per heavy atom. The normalized spacial score (nSPS) is 13.9. The molecule has 0 aliphatic rings. The second kappa shape index (κ2) is 9.35. The van der Waals surface area contributed by atoms with Gasteiger partial charge in [0.15, 0.2) is 5.96 Å². The minimum Gasteiger partial charge on any atom is -0.383 e. The summed E-state index contributed by atoms with van der Waals surface area (Å²) < 4.78 is 0. The van der Waals surface area contributed by atoms with Gasteiger partial charge in [0.05, 0.1) is 6.54 Å². The summed E-state index contributed by atoms with van der Waals surface area (Å²) >= 11 is 1.73. The third-order valence-corrected chi connectivity index (χ3v) is 5.36. The van der Waals surface area contributed by atoms with Crippen LogP contribution in [0.5, 0.6) is 0 Å². The molecular weight excluding hydrogens is 354 g/mol. The second-order valence-electron chi connectivity index (χ2n) is 6.52. The van der Waals surface area contributed by atoms with E-state index in [4.69, 9.17) is 5.73 Å². The van der Waals surface area contributed by atoms with Gasteiger partial charge >= 0.3 is 0 Å². The van der Waals surface area contributed by atoms with Gasteiger partial charge in [-0.2, -0.15) is 0 Å². The highest BCUT2D eigenvalue weighted by Gasteiger charge is 2.29. The minimum atomic E-state index is -1.11. The third kappa shape index (κ3) is 5.67. The zero-order valence-electron chi connectivity index (χ0n) is 15.2. The number of hydrogen-bond donors (Lipinski definition) is 3. The predicted octanol–water partition coefficient (Wildman–Crippen LogP) is 3.33. The molecule has 0 aliphatic carbocycles. The molecule has 1 aromatic heterocycles. The predicted molar refractivity (Wildman–Crippen MR) is 113 cm³/mol. The monoisotopic (exact) mass is 379 g/mol. The van der Waals surface area contributed by atoms with Crippen molar-refractivity contribution < 1.29 is 5.11 Å². The van der Waals surface area contributed by atoms with E-state index in [1.165, 1.54) is 4.88 Å². The molecular formula is C22H25N3OS. The average molecular weight is 380 g/mol. The summed E-state index contributed by atoms with van der Waals surface area (Å²) in [6, 6.07) is 23.8. The van der Waals surface area contributed by atoms with Gasteiger partial charge in [0.2, 0.25) is 0 Å². The van der Waals surface area contributed by atoms with Gasteiger partial charge in [-0.15, -0.1) is 11.3 Å². The smallest absolute Gasteiger partial charge is 0.188 e. The number of thiophene rings is 1. The van der Waals surface area contributed by atoms with Crippen molar-refractivity contribution in [2.24, 2.45) is 10.7 Å². The molecule has 0 radical (unpaired) electrons. The fourth-order valence-electron chi connectivity index (χ4n) is 2.97. The molecule has 4 nitrogen and oxygen atoms in total. The number of rotatable bonds is 8. The van der Waals surface area contributed by atoms with E-state index in [0.717, 1.165) is 24.1 Å². The molecule has 4 N–H and O–H groups in total. The van der Waals surface area contributed by atoms with Crippen LogP contribution in [0.1, 0.15) is 16.0 Å². The maximum Gasteiger partial charge on any atom is 0.188 e. The summed E-state index contributed by atoms with van der Waals surface area (Å²) in [5.41, 5.74) is 6.81. The number of hydrogen-bond acceptors (Lipinski definition) is 3. The average Bonchev–Trinajstić information content (AvgIpc) is 3.21. The van der Waals surface area contributed by atoms with E-state index < -0.39 is 5.60 Å². The number of aliphatic imine (C=N–C) groups is 1. The van der Waals surface area contributed by atoms with E-state index in [2.05, 4.69) is 21.8 Å². The van der Waals surface area contributed by atoms with Gasteiger partial charge in [-0.3, -0.25) is 4.99 Å². The molecule has 140 valence electrons. The van der Waals surface area contributed by atoms with E-state index >= 15 is 0 Å². The number of nitrogens with one attached hydrogen (secondary N) is 1. The molecule has 0 amide bonds. The molecule has 5 heteroatoms. The van der Waals surface area contributed by atoms with Crippen molar-refractivity contribution in [3.8, 4) is 0 Å². The molecule has 0 bridgehead atoms. The molecule has 1 atom stereocenters. The van der Waals surface area contributed by atoms with Crippen LogP contribution in [0.2, 0.25) is 0 Å². The molecule has 1 heterocycles. The van der Waals surface area contributed by atoms with Gasteiger partial charge in [0.1, 0.15) is 5.60 Å². The maximum atomic E-state index is 11.4. The molecule has 0 fully saturated rings. The summed E-state index contributed by atoms with van der Waals surface area (Å²) in [4.78, 5) is 5.73. The molecule has 0 aliphatic heterocycles. The van der Waals surface area contributed by atoms with Crippen LogP contribution in [0.25, 0.3) is 0 Å². The highest BCUT2D eigenvalue weighted by Crippen LogP contribution is 2.26. The van der Waals surface area contributed by atoms with Crippen LogP contribution in [-0.2, 0) is 18.4 Å². The van der Waals surface area contributed by atoms with Crippen molar-refractivity contribution in [1.29, 1.82) is 0 Å². The molecule has 3 aromatic rings. The summed E-state index contributed by atoms with van der Waals surface area (Å²) in [5, 5.41) is 16.6. The Balaban J connectivity index is 1.67. The van der Waals surface area contributed by atoms with Gasteiger partial charge in [-0.05, 0) is 29.0 Å². The lowest BCUT2D eigenvalue weighted by molar-refractivity contribution is 0.0467. The summed E-state index contributed by atoms with van der Waals surface area (Å²) in [7, 11) is 0. The van der Waals surface area contributed by atoms with Gasteiger partial charge in [-0.25, -0.2) is 0 Å². The largest absolute Gasteiger partial charge is 0.383 e. The maximum absolute atomic E-state index is 11.4. The molecule has 1 unspecified atom stereocenters. The van der Waals surface area contributed by atoms with Crippen LogP contribution in [-0.4, -0.2) is 24.2 Å². The summed E-state index contributed by atoms with van der Waals surface area (Å²) in [6.07, 6.45) is 1.38.